The van der Waals surface area contributed by atoms with Crippen molar-refractivity contribution in [2.24, 2.45) is 5.92 Å². The van der Waals surface area contributed by atoms with E-state index in [-0.39, 0.29) is 5.91 Å². The molecule has 1 aliphatic carbocycles. The van der Waals surface area contributed by atoms with Gasteiger partial charge in [0.2, 0.25) is 0 Å². The molecule has 0 bridgehead atoms. The van der Waals surface area contributed by atoms with Crippen molar-refractivity contribution in [3.8, 4) is 0 Å². The molecule has 0 unspecified atom stereocenters. The standard InChI is InChI=1S/C17H17NO2/c19-16(18-10-17(20,11-18)15-7-8-15)14-6-5-12-3-1-2-4-13(12)9-14/h1-6,9,15,20H,7-8,10-11H2. The van der Waals surface area contributed by atoms with E-state index in [0.717, 1.165) is 23.6 Å². The van der Waals surface area contributed by atoms with E-state index < -0.39 is 5.60 Å². The molecule has 20 heavy (non-hydrogen) atoms. The lowest BCUT2D eigenvalue weighted by atomic mass is 9.88. The summed E-state index contributed by atoms with van der Waals surface area (Å²) in [6, 6.07) is 13.8. The highest BCUT2D eigenvalue weighted by molar-refractivity contribution is 5.99. The topological polar surface area (TPSA) is 40.5 Å². The Balaban J connectivity index is 1.55. The van der Waals surface area contributed by atoms with Gasteiger partial charge in [0.05, 0.1) is 13.1 Å². The van der Waals surface area contributed by atoms with Gasteiger partial charge in [0.15, 0.2) is 0 Å². The molecule has 3 nitrogen and oxygen atoms in total. The highest BCUT2D eigenvalue weighted by Crippen LogP contribution is 2.44. The number of benzene rings is 2. The SMILES string of the molecule is O=C(c1ccc2ccccc2c1)N1CC(O)(C2CC2)C1. The lowest BCUT2D eigenvalue weighted by molar-refractivity contribution is -0.0958. The molecule has 1 saturated carbocycles. The number of amides is 1. The molecule has 1 N–H and O–H groups in total. The maximum Gasteiger partial charge on any atom is 0.254 e. The number of β-amino-alcohol motifs (C(OH)–C–C–N with tert-alkyl or cyclic N) is 1. The summed E-state index contributed by atoms with van der Waals surface area (Å²) >= 11 is 0. The molecule has 4 rings (SSSR count). The zero-order valence-corrected chi connectivity index (χ0v) is 11.2. The Morgan fingerprint density at radius 2 is 1.80 bits per heavy atom. The van der Waals surface area contributed by atoms with Crippen LogP contribution in [0.3, 0.4) is 0 Å². The minimum atomic E-state index is -0.605. The molecule has 1 saturated heterocycles. The zero-order valence-electron chi connectivity index (χ0n) is 11.2. The van der Waals surface area contributed by atoms with Crippen LogP contribution in [0.1, 0.15) is 23.2 Å². The molecule has 2 fully saturated rings. The zero-order chi connectivity index (χ0) is 13.7. The summed E-state index contributed by atoms with van der Waals surface area (Å²) in [5.74, 6) is 0.448. The number of aliphatic hydroxyl groups is 1. The van der Waals surface area contributed by atoms with Crippen LogP contribution in [0.5, 0.6) is 0 Å². The van der Waals surface area contributed by atoms with Gasteiger partial charge in [0, 0.05) is 5.56 Å². The first-order valence-electron chi connectivity index (χ1n) is 7.16. The van der Waals surface area contributed by atoms with Crippen molar-refractivity contribution in [1.29, 1.82) is 0 Å². The second-order valence-corrected chi connectivity index (χ2v) is 6.10. The second-order valence-electron chi connectivity index (χ2n) is 6.10. The third-order valence-electron chi connectivity index (χ3n) is 4.55. The van der Waals surface area contributed by atoms with Gasteiger partial charge in [-0.25, -0.2) is 0 Å². The van der Waals surface area contributed by atoms with Crippen LogP contribution in [0.2, 0.25) is 0 Å². The van der Waals surface area contributed by atoms with Crippen LogP contribution in [-0.2, 0) is 0 Å². The molecule has 1 heterocycles. The average molecular weight is 267 g/mol. The van der Waals surface area contributed by atoms with Crippen molar-refractivity contribution in [1.82, 2.24) is 4.90 Å². The average Bonchev–Trinajstić information content (AvgIpc) is 3.27. The molecule has 102 valence electrons. The first-order chi connectivity index (χ1) is 9.66. The van der Waals surface area contributed by atoms with Gasteiger partial charge in [-0.1, -0.05) is 30.3 Å². The Kier molecular flexibility index (Phi) is 2.42. The molecule has 1 aliphatic heterocycles. The van der Waals surface area contributed by atoms with Crippen molar-refractivity contribution in [2.45, 2.75) is 18.4 Å². The fraction of sp³-hybridized carbons (Fsp3) is 0.353. The van der Waals surface area contributed by atoms with Gasteiger partial charge in [0.1, 0.15) is 5.60 Å². The summed E-state index contributed by atoms with van der Waals surface area (Å²) in [7, 11) is 0. The van der Waals surface area contributed by atoms with Crippen molar-refractivity contribution >= 4 is 16.7 Å². The maximum absolute atomic E-state index is 12.4. The third-order valence-corrected chi connectivity index (χ3v) is 4.55. The van der Waals surface area contributed by atoms with Gasteiger partial charge in [-0.15, -0.1) is 0 Å². The molecule has 2 aromatic carbocycles. The van der Waals surface area contributed by atoms with Crippen LogP contribution in [0.4, 0.5) is 0 Å². The van der Waals surface area contributed by atoms with E-state index in [1.165, 1.54) is 0 Å². The van der Waals surface area contributed by atoms with Crippen LogP contribution < -0.4 is 0 Å². The predicted octanol–water partition coefficient (Wildman–Crippen LogP) is 2.44. The minimum absolute atomic E-state index is 0.0288. The predicted molar refractivity (Wildman–Crippen MR) is 77.5 cm³/mol. The van der Waals surface area contributed by atoms with E-state index in [1.54, 1.807) is 4.90 Å². The van der Waals surface area contributed by atoms with Crippen LogP contribution in [0.15, 0.2) is 42.5 Å². The molecule has 2 aromatic rings. The van der Waals surface area contributed by atoms with Crippen LogP contribution in [0.25, 0.3) is 10.8 Å². The van der Waals surface area contributed by atoms with E-state index in [1.807, 2.05) is 42.5 Å². The number of carbonyl (C=O) groups is 1. The van der Waals surface area contributed by atoms with Gasteiger partial charge in [-0.3, -0.25) is 4.79 Å². The fourth-order valence-electron chi connectivity index (χ4n) is 3.14. The molecule has 3 heteroatoms. The van der Waals surface area contributed by atoms with E-state index in [0.29, 0.717) is 24.6 Å². The Hall–Kier alpha value is -1.87. The normalized spacial score (nSPS) is 20.8. The molecule has 2 aliphatic rings. The van der Waals surface area contributed by atoms with Gasteiger partial charge in [-0.2, -0.15) is 0 Å². The van der Waals surface area contributed by atoms with Gasteiger partial charge < -0.3 is 10.0 Å². The van der Waals surface area contributed by atoms with Crippen LogP contribution in [-0.4, -0.2) is 34.6 Å². The van der Waals surface area contributed by atoms with E-state index in [9.17, 15) is 9.90 Å². The van der Waals surface area contributed by atoms with Crippen molar-refractivity contribution in [3.05, 3.63) is 48.0 Å². The maximum atomic E-state index is 12.4. The van der Waals surface area contributed by atoms with E-state index in [4.69, 9.17) is 0 Å². The largest absolute Gasteiger partial charge is 0.386 e. The third kappa shape index (κ3) is 1.81. The molecule has 0 spiro atoms. The first-order valence-corrected chi connectivity index (χ1v) is 7.16. The van der Waals surface area contributed by atoms with E-state index >= 15 is 0 Å². The fourth-order valence-corrected chi connectivity index (χ4v) is 3.14. The van der Waals surface area contributed by atoms with Crippen molar-refractivity contribution < 1.29 is 9.90 Å². The first kappa shape index (κ1) is 11.9. The summed E-state index contributed by atoms with van der Waals surface area (Å²) in [5, 5.41) is 12.5. The van der Waals surface area contributed by atoms with Crippen molar-refractivity contribution in [3.63, 3.8) is 0 Å². The summed E-state index contributed by atoms with van der Waals surface area (Å²) in [6.07, 6.45) is 2.21. The number of hydrogen-bond donors (Lipinski definition) is 1. The lowest BCUT2D eigenvalue weighted by Crippen LogP contribution is -2.64. The Bertz CT molecular complexity index is 684. The molecular formula is C17H17NO2. The highest BCUT2D eigenvalue weighted by atomic mass is 16.3. The Morgan fingerprint density at radius 1 is 1.10 bits per heavy atom. The number of fused-ring (bicyclic) bond motifs is 1. The summed E-state index contributed by atoms with van der Waals surface area (Å²) in [4.78, 5) is 14.2. The smallest absolute Gasteiger partial charge is 0.254 e. The molecule has 0 radical (unpaired) electrons. The number of nitrogens with zero attached hydrogens (tertiary/aromatic N) is 1. The number of likely N-dealkylation sites (tertiary alicyclic amines) is 1. The van der Waals surface area contributed by atoms with Gasteiger partial charge >= 0.3 is 0 Å². The summed E-state index contributed by atoms with van der Waals surface area (Å²) in [6.45, 7) is 0.979. The van der Waals surface area contributed by atoms with Gasteiger partial charge in [0.25, 0.3) is 5.91 Å². The second kappa shape index (κ2) is 4.06. The highest BCUT2D eigenvalue weighted by Gasteiger charge is 2.53. The monoisotopic (exact) mass is 267 g/mol. The quantitative estimate of drug-likeness (QED) is 0.908. The number of rotatable bonds is 2. The number of carbonyl (C=O) groups excluding carboxylic acids is 1. The lowest BCUT2D eigenvalue weighted by Gasteiger charge is -2.47. The van der Waals surface area contributed by atoms with Crippen LogP contribution in [0, 0.1) is 5.92 Å². The summed E-state index contributed by atoms with van der Waals surface area (Å²) < 4.78 is 0. The van der Waals surface area contributed by atoms with Gasteiger partial charge in [-0.05, 0) is 41.7 Å². The van der Waals surface area contributed by atoms with Crippen LogP contribution >= 0.6 is 0 Å². The minimum Gasteiger partial charge on any atom is -0.386 e. The van der Waals surface area contributed by atoms with E-state index in [2.05, 4.69) is 0 Å². The molecular weight excluding hydrogens is 250 g/mol. The van der Waals surface area contributed by atoms with Crippen molar-refractivity contribution in [2.75, 3.05) is 13.1 Å². The molecule has 0 atom stereocenters. The Morgan fingerprint density at radius 3 is 2.50 bits per heavy atom. The Labute approximate surface area is 117 Å². The number of hydrogen-bond acceptors (Lipinski definition) is 2. The molecule has 0 aromatic heterocycles. The molecule has 1 amide bonds. The summed E-state index contributed by atoms with van der Waals surface area (Å²) in [5.41, 5.74) is 0.105.